The van der Waals surface area contributed by atoms with Crippen molar-refractivity contribution in [3.8, 4) is 11.4 Å². The third-order valence-corrected chi connectivity index (χ3v) is 6.50. The largest absolute Gasteiger partial charge is 0.424 e. The first-order valence-corrected chi connectivity index (χ1v) is 11.7. The zero-order valence-corrected chi connectivity index (χ0v) is 19.6. The smallest absolute Gasteiger partial charge is 0.295 e. The van der Waals surface area contributed by atoms with Crippen LogP contribution in [0.25, 0.3) is 22.5 Å². The average Bonchev–Trinajstić information content (AvgIpc) is 3.25. The summed E-state index contributed by atoms with van der Waals surface area (Å²) in [6.45, 7) is 2.82. The van der Waals surface area contributed by atoms with Gasteiger partial charge >= 0.3 is 0 Å². The van der Waals surface area contributed by atoms with Gasteiger partial charge in [0.05, 0.1) is 11.6 Å². The van der Waals surface area contributed by atoms with Crippen LogP contribution in [0, 0.1) is 17.6 Å². The number of carbonyl (C=O) groups is 1. The van der Waals surface area contributed by atoms with Crippen molar-refractivity contribution in [3.63, 3.8) is 0 Å². The third-order valence-electron chi connectivity index (χ3n) is 6.26. The van der Waals surface area contributed by atoms with Crippen molar-refractivity contribution < 1.29 is 18.0 Å². The molecule has 0 aliphatic carbocycles. The molecule has 1 aliphatic heterocycles. The van der Waals surface area contributed by atoms with Crippen molar-refractivity contribution in [2.24, 2.45) is 5.92 Å². The van der Waals surface area contributed by atoms with Crippen LogP contribution in [-0.4, -0.2) is 44.9 Å². The Morgan fingerprint density at radius 1 is 1.23 bits per heavy atom. The Labute approximate surface area is 205 Å². The summed E-state index contributed by atoms with van der Waals surface area (Å²) in [6.07, 6.45) is 4.59. The van der Waals surface area contributed by atoms with Crippen molar-refractivity contribution >= 4 is 34.6 Å². The third kappa shape index (κ3) is 4.68. The van der Waals surface area contributed by atoms with E-state index in [4.69, 9.17) is 16.0 Å². The van der Waals surface area contributed by atoms with Gasteiger partial charge < -0.3 is 14.6 Å². The average molecular weight is 498 g/mol. The Morgan fingerprint density at radius 2 is 2.03 bits per heavy atom. The molecule has 2 aromatic carbocycles. The summed E-state index contributed by atoms with van der Waals surface area (Å²) in [6, 6.07) is 8.58. The number of likely N-dealkylation sites (tertiary alicyclic amines) is 1. The molecule has 2 atom stereocenters. The molecule has 0 saturated carbocycles. The van der Waals surface area contributed by atoms with E-state index < -0.39 is 17.5 Å². The van der Waals surface area contributed by atoms with E-state index in [9.17, 15) is 9.18 Å². The van der Waals surface area contributed by atoms with E-state index in [0.717, 1.165) is 18.9 Å². The Balaban J connectivity index is 1.44. The molecule has 1 amide bonds. The Hall–Kier alpha value is -3.59. The first-order chi connectivity index (χ1) is 16.9. The lowest BCUT2D eigenvalue weighted by atomic mass is 9.89. The second-order valence-corrected chi connectivity index (χ2v) is 9.02. The van der Waals surface area contributed by atoms with Crippen LogP contribution in [0.3, 0.4) is 0 Å². The lowest BCUT2D eigenvalue weighted by molar-refractivity contribution is 0.0535. The van der Waals surface area contributed by atoms with E-state index in [1.807, 2.05) is 6.92 Å². The first kappa shape index (κ1) is 23.2. The topological polar surface area (TPSA) is 84.2 Å². The molecule has 2 unspecified atom stereocenters. The SMILES string of the molecule is CC1CCCN(C(=O)c2c(F)cc(F)cc2-c2ncccn2)C1CNc1nc2cc(Cl)ccc2o1. The highest BCUT2D eigenvalue weighted by molar-refractivity contribution is 6.31. The number of rotatable bonds is 5. The summed E-state index contributed by atoms with van der Waals surface area (Å²) in [5.74, 6) is -2.08. The van der Waals surface area contributed by atoms with Crippen LogP contribution in [0.15, 0.2) is 53.2 Å². The van der Waals surface area contributed by atoms with Crippen LogP contribution in [0.1, 0.15) is 30.1 Å². The summed E-state index contributed by atoms with van der Waals surface area (Å²) >= 11 is 6.03. The zero-order valence-electron chi connectivity index (χ0n) is 18.8. The number of amides is 1. The Morgan fingerprint density at radius 3 is 2.83 bits per heavy atom. The van der Waals surface area contributed by atoms with Gasteiger partial charge in [-0.15, -0.1) is 0 Å². The molecular formula is C25H22ClF2N5O2. The Bertz CT molecular complexity index is 1380. The van der Waals surface area contributed by atoms with Crippen LogP contribution < -0.4 is 5.32 Å². The van der Waals surface area contributed by atoms with E-state index in [-0.39, 0.29) is 28.9 Å². The summed E-state index contributed by atoms with van der Waals surface area (Å²) in [4.78, 5) is 27.9. The molecule has 4 aromatic rings. The number of halogens is 3. The summed E-state index contributed by atoms with van der Waals surface area (Å²) in [7, 11) is 0. The van der Waals surface area contributed by atoms with Crippen molar-refractivity contribution in [1.82, 2.24) is 19.9 Å². The van der Waals surface area contributed by atoms with Crippen molar-refractivity contribution in [1.29, 1.82) is 0 Å². The molecule has 10 heteroatoms. The lowest BCUT2D eigenvalue weighted by Crippen LogP contribution is -2.51. The molecule has 180 valence electrons. The number of hydrogen-bond acceptors (Lipinski definition) is 6. The van der Waals surface area contributed by atoms with Gasteiger partial charge in [0.2, 0.25) is 0 Å². The minimum Gasteiger partial charge on any atom is -0.424 e. The van der Waals surface area contributed by atoms with Gasteiger partial charge in [0.15, 0.2) is 11.4 Å². The predicted molar refractivity (Wildman–Crippen MR) is 128 cm³/mol. The number of piperidine rings is 1. The highest BCUT2D eigenvalue weighted by Crippen LogP contribution is 2.31. The van der Waals surface area contributed by atoms with Crippen LogP contribution >= 0.6 is 11.6 Å². The number of hydrogen-bond donors (Lipinski definition) is 1. The molecule has 1 fully saturated rings. The number of fused-ring (bicyclic) bond motifs is 1. The number of oxazole rings is 1. The maximum atomic E-state index is 15.0. The molecule has 1 N–H and O–H groups in total. The highest BCUT2D eigenvalue weighted by Gasteiger charge is 2.35. The predicted octanol–water partition coefficient (Wildman–Crippen LogP) is 5.57. The van der Waals surface area contributed by atoms with Gasteiger partial charge in [-0.25, -0.2) is 18.7 Å². The molecule has 1 saturated heterocycles. The Kier molecular flexibility index (Phi) is 6.34. The first-order valence-electron chi connectivity index (χ1n) is 11.3. The summed E-state index contributed by atoms with van der Waals surface area (Å²) in [5, 5.41) is 3.72. The number of nitrogens with one attached hydrogen (secondary N) is 1. The molecule has 0 bridgehead atoms. The molecule has 1 aliphatic rings. The zero-order chi connectivity index (χ0) is 24.5. The number of anilines is 1. The molecule has 2 aromatic heterocycles. The maximum Gasteiger partial charge on any atom is 0.295 e. The fourth-order valence-electron chi connectivity index (χ4n) is 4.53. The van der Waals surface area contributed by atoms with Crippen LogP contribution in [0.5, 0.6) is 0 Å². The van der Waals surface area contributed by atoms with Gasteiger partial charge in [-0.2, -0.15) is 4.98 Å². The molecule has 0 radical (unpaired) electrons. The fourth-order valence-corrected chi connectivity index (χ4v) is 4.70. The minimum absolute atomic E-state index is 0.0221. The second kappa shape index (κ2) is 9.58. The standard InChI is InChI=1S/C25H22ClF2N5O2/c1-14-4-2-9-33(20(14)13-31-25-32-19-10-15(26)5-6-21(19)35-25)24(34)22-17(11-16(27)12-18(22)28)23-29-7-3-8-30-23/h3,5-8,10-12,14,20H,2,4,9,13H2,1H3,(H,31,32). The highest BCUT2D eigenvalue weighted by atomic mass is 35.5. The van der Waals surface area contributed by atoms with Crippen molar-refractivity contribution in [3.05, 3.63) is 71.0 Å². The number of aromatic nitrogens is 3. The summed E-state index contributed by atoms with van der Waals surface area (Å²) in [5.41, 5.74) is 0.981. The van der Waals surface area contributed by atoms with Crippen molar-refractivity contribution in [2.45, 2.75) is 25.8 Å². The summed E-state index contributed by atoms with van der Waals surface area (Å²) < 4.78 is 34.9. The maximum absolute atomic E-state index is 15.0. The molecule has 7 nitrogen and oxygen atoms in total. The molecular weight excluding hydrogens is 476 g/mol. The van der Waals surface area contributed by atoms with Crippen LogP contribution in [-0.2, 0) is 0 Å². The monoisotopic (exact) mass is 497 g/mol. The van der Waals surface area contributed by atoms with Gasteiger partial charge in [0, 0.05) is 42.1 Å². The number of nitrogens with zero attached hydrogens (tertiary/aromatic N) is 4. The number of benzene rings is 2. The van der Waals surface area contributed by atoms with Crippen LogP contribution in [0.4, 0.5) is 14.8 Å². The van der Waals surface area contributed by atoms with E-state index in [2.05, 4.69) is 20.3 Å². The van der Waals surface area contributed by atoms with Gasteiger partial charge in [0.1, 0.15) is 17.2 Å². The van der Waals surface area contributed by atoms with E-state index in [1.165, 1.54) is 12.4 Å². The minimum atomic E-state index is -0.946. The molecule has 5 rings (SSSR count). The fraction of sp³-hybridized carbons (Fsp3) is 0.280. The normalized spacial score (nSPS) is 18.1. The molecule has 35 heavy (non-hydrogen) atoms. The second-order valence-electron chi connectivity index (χ2n) is 8.58. The van der Waals surface area contributed by atoms with Crippen molar-refractivity contribution in [2.75, 3.05) is 18.4 Å². The van der Waals surface area contributed by atoms with Gasteiger partial charge in [0.25, 0.3) is 11.9 Å². The molecule has 3 heterocycles. The van der Waals surface area contributed by atoms with E-state index >= 15 is 4.39 Å². The quantitative estimate of drug-likeness (QED) is 0.388. The number of carbonyl (C=O) groups excluding carboxylic acids is 1. The van der Waals surface area contributed by atoms with Gasteiger partial charge in [-0.3, -0.25) is 4.79 Å². The van der Waals surface area contributed by atoms with Crippen LogP contribution in [0.2, 0.25) is 5.02 Å². The van der Waals surface area contributed by atoms with Gasteiger partial charge in [-0.1, -0.05) is 18.5 Å². The molecule has 0 spiro atoms. The lowest BCUT2D eigenvalue weighted by Gasteiger charge is -2.40. The van der Waals surface area contributed by atoms with E-state index in [1.54, 1.807) is 29.2 Å². The van der Waals surface area contributed by atoms with E-state index in [0.29, 0.717) is 41.3 Å². The van der Waals surface area contributed by atoms with Gasteiger partial charge in [-0.05, 0) is 49.1 Å².